The molecule has 4 amide bonds. The van der Waals surface area contributed by atoms with E-state index in [1.165, 1.54) is 0 Å². The zero-order valence-electron chi connectivity index (χ0n) is 18.2. The lowest BCUT2D eigenvalue weighted by molar-refractivity contribution is -0.121. The Kier molecular flexibility index (Phi) is 6.23. The van der Waals surface area contributed by atoms with Crippen molar-refractivity contribution in [1.29, 1.82) is 0 Å². The Morgan fingerprint density at radius 2 is 1.72 bits per heavy atom. The van der Waals surface area contributed by atoms with Crippen molar-refractivity contribution in [2.75, 3.05) is 38.0 Å². The van der Waals surface area contributed by atoms with Gasteiger partial charge in [0.05, 0.1) is 6.54 Å². The van der Waals surface area contributed by atoms with Gasteiger partial charge in [-0.25, -0.2) is 4.79 Å². The Bertz CT molecular complexity index is 1130. The van der Waals surface area contributed by atoms with Crippen LogP contribution < -0.4 is 10.6 Å². The van der Waals surface area contributed by atoms with Crippen LogP contribution in [-0.4, -0.2) is 60.4 Å². The largest absolute Gasteiger partial charge is 0.451 e. The zero-order valence-corrected chi connectivity index (χ0v) is 18.2. The molecule has 0 unspecified atom stereocenters. The molecule has 0 aliphatic carbocycles. The molecule has 1 fully saturated rings. The van der Waals surface area contributed by atoms with E-state index < -0.39 is 6.03 Å². The lowest BCUT2D eigenvalue weighted by atomic mass is 10.1. The van der Waals surface area contributed by atoms with Crippen LogP contribution in [0.25, 0.3) is 11.0 Å². The Morgan fingerprint density at radius 3 is 2.47 bits per heavy atom. The summed E-state index contributed by atoms with van der Waals surface area (Å²) in [6, 6.07) is 14.3. The van der Waals surface area contributed by atoms with Crippen LogP contribution >= 0.6 is 0 Å². The molecule has 3 aromatic rings. The van der Waals surface area contributed by atoms with Crippen molar-refractivity contribution in [3.63, 3.8) is 0 Å². The van der Waals surface area contributed by atoms with Crippen molar-refractivity contribution in [3.8, 4) is 0 Å². The van der Waals surface area contributed by atoms with Crippen LogP contribution in [-0.2, 0) is 4.79 Å². The number of nitrogens with zero attached hydrogens (tertiary/aromatic N) is 2. The maximum atomic E-state index is 12.8. The van der Waals surface area contributed by atoms with Gasteiger partial charge in [0.2, 0.25) is 5.91 Å². The first-order chi connectivity index (χ1) is 15.4. The van der Waals surface area contributed by atoms with E-state index in [9.17, 15) is 14.4 Å². The number of hydrogen-bond donors (Lipinski definition) is 2. The van der Waals surface area contributed by atoms with Crippen molar-refractivity contribution < 1.29 is 18.8 Å². The Morgan fingerprint density at radius 1 is 0.969 bits per heavy atom. The summed E-state index contributed by atoms with van der Waals surface area (Å²) in [4.78, 5) is 40.9. The molecule has 0 saturated carbocycles. The van der Waals surface area contributed by atoms with Gasteiger partial charge in [0.15, 0.2) is 5.76 Å². The monoisotopic (exact) mass is 434 g/mol. The molecule has 8 heteroatoms. The number of para-hydroxylation sites is 1. The van der Waals surface area contributed by atoms with E-state index >= 15 is 0 Å². The standard InChI is InChI=1S/C24H26N4O4/c1-16-6-5-8-19(17(16)2)25-24(31)26-22(29)15-27-10-12-28(13-11-27)23(30)21-14-18-7-3-4-9-20(18)32-21/h3-9,14H,10-13,15H2,1-2H3,(H2,25,26,29,31). The lowest BCUT2D eigenvalue weighted by Gasteiger charge is -2.33. The van der Waals surface area contributed by atoms with Crippen LogP contribution in [0.2, 0.25) is 0 Å². The van der Waals surface area contributed by atoms with Gasteiger partial charge >= 0.3 is 6.03 Å². The summed E-state index contributed by atoms with van der Waals surface area (Å²) in [7, 11) is 0. The second-order valence-corrected chi connectivity index (χ2v) is 7.97. The smallest absolute Gasteiger partial charge is 0.325 e. The molecule has 4 rings (SSSR count). The van der Waals surface area contributed by atoms with Gasteiger partial charge in [-0.3, -0.25) is 19.8 Å². The first-order valence-electron chi connectivity index (χ1n) is 10.6. The summed E-state index contributed by atoms with van der Waals surface area (Å²) in [6.07, 6.45) is 0. The number of hydrogen-bond acceptors (Lipinski definition) is 5. The van der Waals surface area contributed by atoms with E-state index in [1.54, 1.807) is 17.0 Å². The number of benzene rings is 2. The van der Waals surface area contributed by atoms with Gasteiger partial charge in [-0.05, 0) is 43.2 Å². The number of imide groups is 1. The van der Waals surface area contributed by atoms with Gasteiger partial charge in [0, 0.05) is 37.3 Å². The molecule has 2 N–H and O–H groups in total. The van der Waals surface area contributed by atoms with Crippen molar-refractivity contribution in [2.24, 2.45) is 0 Å². The predicted octanol–water partition coefficient (Wildman–Crippen LogP) is 3.16. The molecule has 166 valence electrons. The van der Waals surface area contributed by atoms with Crippen LogP contribution in [0, 0.1) is 13.8 Å². The molecule has 1 aliphatic rings. The van der Waals surface area contributed by atoms with Crippen molar-refractivity contribution in [2.45, 2.75) is 13.8 Å². The Labute approximate surface area is 186 Å². The molecular formula is C24H26N4O4. The van der Waals surface area contributed by atoms with Gasteiger partial charge in [-0.2, -0.15) is 0 Å². The first-order valence-corrected chi connectivity index (χ1v) is 10.6. The number of urea groups is 1. The van der Waals surface area contributed by atoms with Gasteiger partial charge in [-0.1, -0.05) is 30.3 Å². The van der Waals surface area contributed by atoms with E-state index in [-0.39, 0.29) is 18.4 Å². The minimum absolute atomic E-state index is 0.0902. The van der Waals surface area contributed by atoms with Crippen LogP contribution in [0.15, 0.2) is 52.9 Å². The number of furan rings is 1. The van der Waals surface area contributed by atoms with E-state index in [0.717, 1.165) is 16.5 Å². The predicted molar refractivity (Wildman–Crippen MR) is 122 cm³/mol. The molecule has 2 aromatic carbocycles. The number of piperazine rings is 1. The molecule has 1 saturated heterocycles. The van der Waals surface area contributed by atoms with E-state index in [0.29, 0.717) is 43.2 Å². The van der Waals surface area contributed by atoms with Crippen LogP contribution in [0.4, 0.5) is 10.5 Å². The second-order valence-electron chi connectivity index (χ2n) is 7.97. The maximum absolute atomic E-state index is 12.8. The molecular weight excluding hydrogens is 408 g/mol. The number of amides is 4. The number of aryl methyl sites for hydroxylation is 1. The SMILES string of the molecule is Cc1cccc(NC(=O)NC(=O)CN2CCN(C(=O)c3cc4ccccc4o3)CC2)c1C. The molecule has 32 heavy (non-hydrogen) atoms. The van der Waals surface area contributed by atoms with Gasteiger partial charge in [0.1, 0.15) is 5.58 Å². The lowest BCUT2D eigenvalue weighted by Crippen LogP contribution is -2.51. The third-order valence-electron chi connectivity index (χ3n) is 5.77. The Hall–Kier alpha value is -3.65. The molecule has 2 heterocycles. The topological polar surface area (TPSA) is 94.9 Å². The number of rotatable bonds is 4. The van der Waals surface area contributed by atoms with Gasteiger partial charge < -0.3 is 14.6 Å². The van der Waals surface area contributed by atoms with E-state index in [4.69, 9.17) is 4.42 Å². The van der Waals surface area contributed by atoms with Crippen LogP contribution in [0.3, 0.4) is 0 Å². The molecule has 1 aliphatic heterocycles. The highest BCUT2D eigenvalue weighted by Crippen LogP contribution is 2.21. The van der Waals surface area contributed by atoms with Crippen LogP contribution in [0.5, 0.6) is 0 Å². The third-order valence-corrected chi connectivity index (χ3v) is 5.77. The minimum Gasteiger partial charge on any atom is -0.451 e. The summed E-state index contributed by atoms with van der Waals surface area (Å²) in [5, 5.41) is 5.98. The average Bonchev–Trinajstić information content (AvgIpc) is 3.21. The maximum Gasteiger partial charge on any atom is 0.325 e. The fourth-order valence-electron chi connectivity index (χ4n) is 3.76. The second kappa shape index (κ2) is 9.23. The summed E-state index contributed by atoms with van der Waals surface area (Å²) < 4.78 is 5.67. The highest BCUT2D eigenvalue weighted by molar-refractivity contribution is 6.02. The number of carbonyl (C=O) groups excluding carboxylic acids is 3. The fourth-order valence-corrected chi connectivity index (χ4v) is 3.76. The fraction of sp³-hybridized carbons (Fsp3) is 0.292. The third kappa shape index (κ3) is 4.81. The molecule has 0 atom stereocenters. The summed E-state index contributed by atoms with van der Waals surface area (Å²) in [5.74, 6) is -0.219. The zero-order chi connectivity index (χ0) is 22.7. The number of carbonyl (C=O) groups is 3. The highest BCUT2D eigenvalue weighted by Gasteiger charge is 2.25. The molecule has 8 nitrogen and oxygen atoms in total. The molecule has 1 aromatic heterocycles. The summed E-state index contributed by atoms with van der Waals surface area (Å²) in [5.41, 5.74) is 3.38. The first kappa shape index (κ1) is 21.6. The highest BCUT2D eigenvalue weighted by atomic mass is 16.3. The summed E-state index contributed by atoms with van der Waals surface area (Å²) in [6.45, 7) is 6.01. The minimum atomic E-state index is -0.553. The molecule has 0 radical (unpaired) electrons. The normalized spacial score (nSPS) is 14.4. The summed E-state index contributed by atoms with van der Waals surface area (Å²) >= 11 is 0. The van der Waals surface area contributed by atoms with E-state index in [2.05, 4.69) is 10.6 Å². The molecule has 0 bridgehead atoms. The number of fused-ring (bicyclic) bond motifs is 1. The van der Waals surface area contributed by atoms with Gasteiger partial charge in [-0.15, -0.1) is 0 Å². The van der Waals surface area contributed by atoms with Crippen molar-refractivity contribution in [1.82, 2.24) is 15.1 Å². The van der Waals surface area contributed by atoms with Gasteiger partial charge in [0.25, 0.3) is 5.91 Å². The van der Waals surface area contributed by atoms with Crippen LogP contribution in [0.1, 0.15) is 21.7 Å². The number of anilines is 1. The quantitative estimate of drug-likeness (QED) is 0.658. The van der Waals surface area contributed by atoms with Crippen molar-refractivity contribution in [3.05, 3.63) is 65.4 Å². The number of nitrogens with one attached hydrogen (secondary N) is 2. The van der Waals surface area contributed by atoms with E-state index in [1.807, 2.05) is 55.1 Å². The molecule has 0 spiro atoms. The van der Waals surface area contributed by atoms with Crippen molar-refractivity contribution >= 4 is 34.5 Å². The Balaban J connectivity index is 1.25. The average molecular weight is 434 g/mol.